The molecule has 2 aliphatic heterocycles. The summed E-state index contributed by atoms with van der Waals surface area (Å²) in [5, 5.41) is 0. The molecule has 1 atom stereocenters. The van der Waals surface area contributed by atoms with Crippen molar-refractivity contribution in [2.24, 2.45) is 0 Å². The number of likely N-dealkylation sites (tertiary alicyclic amines) is 1. The number of piperidine rings is 1. The number of imidazole rings is 1. The molecule has 2 aromatic carbocycles. The normalized spacial score (nSPS) is 19.0. The van der Waals surface area contributed by atoms with Crippen LogP contribution in [-0.2, 0) is 4.79 Å². The van der Waals surface area contributed by atoms with Crippen LogP contribution < -0.4 is 14.2 Å². The van der Waals surface area contributed by atoms with Gasteiger partial charge in [0.25, 0.3) is 0 Å². The van der Waals surface area contributed by atoms with Crippen molar-refractivity contribution in [3.05, 3.63) is 71.3 Å². The summed E-state index contributed by atoms with van der Waals surface area (Å²) in [5.74, 6) is 2.38. The highest BCUT2D eigenvalue weighted by atomic mass is 16.5. The molecular formula is C27H29N3O4. The van der Waals surface area contributed by atoms with E-state index < -0.39 is 0 Å². The number of amides is 1. The molecular weight excluding hydrogens is 430 g/mol. The largest absolute Gasteiger partial charge is 0.497 e. The molecule has 5 rings (SSSR count). The topological polar surface area (TPSA) is 65.8 Å². The van der Waals surface area contributed by atoms with E-state index in [0.29, 0.717) is 6.61 Å². The predicted molar refractivity (Wildman–Crippen MR) is 130 cm³/mol. The molecule has 0 radical (unpaired) electrons. The highest BCUT2D eigenvalue weighted by Gasteiger charge is 2.34. The number of aryl methyl sites for hydroxylation is 1. The summed E-state index contributed by atoms with van der Waals surface area (Å²) in [4.78, 5) is 19.9. The second-order valence-corrected chi connectivity index (χ2v) is 8.68. The highest BCUT2D eigenvalue weighted by molar-refractivity contribution is 5.99. The molecule has 0 unspecified atom stereocenters. The van der Waals surface area contributed by atoms with E-state index in [9.17, 15) is 4.79 Å². The third-order valence-electron chi connectivity index (χ3n) is 6.52. The number of benzene rings is 2. The first-order valence-corrected chi connectivity index (χ1v) is 11.6. The highest BCUT2D eigenvalue weighted by Crippen LogP contribution is 2.40. The molecule has 0 spiro atoms. The number of fused-ring (bicyclic) bond motifs is 1. The van der Waals surface area contributed by atoms with Crippen LogP contribution in [0.15, 0.2) is 54.5 Å². The lowest BCUT2D eigenvalue weighted by Gasteiger charge is -2.38. The Balaban J connectivity index is 1.42. The molecule has 34 heavy (non-hydrogen) atoms. The molecule has 2 aliphatic rings. The monoisotopic (exact) mass is 459 g/mol. The van der Waals surface area contributed by atoms with E-state index in [2.05, 4.69) is 4.98 Å². The number of nitrogens with zero attached hydrogens (tertiary/aromatic N) is 3. The molecule has 0 bridgehead atoms. The number of hydrogen-bond acceptors (Lipinski definition) is 5. The van der Waals surface area contributed by atoms with E-state index in [1.54, 1.807) is 20.5 Å². The lowest BCUT2D eigenvalue weighted by atomic mass is 9.93. The van der Waals surface area contributed by atoms with E-state index >= 15 is 0 Å². The molecule has 1 fully saturated rings. The van der Waals surface area contributed by atoms with Gasteiger partial charge in [-0.25, -0.2) is 4.98 Å². The Morgan fingerprint density at radius 1 is 1.15 bits per heavy atom. The maximum Gasteiger partial charge on any atom is 0.250 e. The minimum absolute atomic E-state index is 0.00671. The maximum atomic E-state index is 13.6. The molecule has 1 aromatic heterocycles. The van der Waals surface area contributed by atoms with Gasteiger partial charge in [-0.1, -0.05) is 6.07 Å². The summed E-state index contributed by atoms with van der Waals surface area (Å²) in [6.45, 7) is 3.28. The Morgan fingerprint density at radius 3 is 2.79 bits per heavy atom. The number of hydrogen-bond donors (Lipinski definition) is 0. The number of carbonyl (C=O) groups excluding carboxylic acids is 1. The minimum atomic E-state index is 0.00671. The van der Waals surface area contributed by atoms with E-state index in [-0.39, 0.29) is 11.9 Å². The van der Waals surface area contributed by atoms with Crippen LogP contribution in [0.1, 0.15) is 42.1 Å². The van der Waals surface area contributed by atoms with Crippen molar-refractivity contribution in [2.75, 3.05) is 27.4 Å². The van der Waals surface area contributed by atoms with Gasteiger partial charge in [-0.15, -0.1) is 0 Å². The first kappa shape index (κ1) is 22.1. The quantitative estimate of drug-likeness (QED) is 0.516. The van der Waals surface area contributed by atoms with E-state index in [1.165, 1.54) is 0 Å². The summed E-state index contributed by atoms with van der Waals surface area (Å²) in [6, 6.07) is 11.9. The molecule has 7 heteroatoms. The van der Waals surface area contributed by atoms with E-state index in [4.69, 9.17) is 14.2 Å². The van der Waals surface area contributed by atoms with Crippen LogP contribution in [0.5, 0.6) is 17.2 Å². The van der Waals surface area contributed by atoms with Gasteiger partial charge in [0.05, 0.1) is 44.6 Å². The first-order chi connectivity index (χ1) is 16.6. The van der Waals surface area contributed by atoms with Crippen LogP contribution in [0.3, 0.4) is 0 Å². The molecule has 1 saturated heterocycles. The molecule has 0 aliphatic carbocycles. The Kier molecular flexibility index (Phi) is 6.01. The van der Waals surface area contributed by atoms with Crippen molar-refractivity contribution < 1.29 is 19.0 Å². The lowest BCUT2D eigenvalue weighted by Crippen LogP contribution is -2.41. The molecule has 7 nitrogen and oxygen atoms in total. The molecule has 0 N–H and O–H groups in total. The van der Waals surface area contributed by atoms with Gasteiger partial charge in [-0.2, -0.15) is 0 Å². The molecule has 0 saturated carbocycles. The van der Waals surface area contributed by atoms with Crippen molar-refractivity contribution in [3.8, 4) is 22.9 Å². The number of aromatic nitrogens is 2. The summed E-state index contributed by atoms with van der Waals surface area (Å²) < 4.78 is 18.8. The third kappa shape index (κ3) is 4.14. The molecule has 3 heterocycles. The fraction of sp³-hybridized carbons (Fsp3) is 0.333. The third-order valence-corrected chi connectivity index (χ3v) is 6.52. The Morgan fingerprint density at radius 2 is 2.03 bits per heavy atom. The van der Waals surface area contributed by atoms with Crippen molar-refractivity contribution in [2.45, 2.75) is 32.2 Å². The van der Waals surface area contributed by atoms with Crippen molar-refractivity contribution >= 4 is 12.0 Å². The fourth-order valence-corrected chi connectivity index (χ4v) is 4.82. The molecule has 176 valence electrons. The van der Waals surface area contributed by atoms with Gasteiger partial charge < -0.3 is 23.7 Å². The smallest absolute Gasteiger partial charge is 0.250 e. The maximum absolute atomic E-state index is 13.6. The number of rotatable bonds is 5. The first-order valence-electron chi connectivity index (χ1n) is 11.6. The standard InChI is InChI=1S/C27H29N3O4/c1-18-16-29(17-28-18)24-9-6-19(14-26(24)33-3)13-20-5-4-11-30(27(20)31)23-10-12-34-25-15-21(32-2)7-8-22(23)25/h6-9,13-17,23H,4-5,10-12H2,1-3H3/b20-13+/t23-/m1/s1. The van der Waals surface area contributed by atoms with Gasteiger partial charge in [-0.05, 0) is 55.7 Å². The zero-order valence-corrected chi connectivity index (χ0v) is 19.8. The van der Waals surface area contributed by atoms with Gasteiger partial charge in [0, 0.05) is 36.4 Å². The van der Waals surface area contributed by atoms with Crippen molar-refractivity contribution in [3.63, 3.8) is 0 Å². The summed E-state index contributed by atoms with van der Waals surface area (Å²) in [6.07, 6.45) is 8.21. The predicted octanol–water partition coefficient (Wildman–Crippen LogP) is 4.73. The van der Waals surface area contributed by atoms with Crippen molar-refractivity contribution in [1.82, 2.24) is 14.5 Å². The van der Waals surface area contributed by atoms with Gasteiger partial charge in [-0.3, -0.25) is 4.79 Å². The van der Waals surface area contributed by atoms with Gasteiger partial charge in [0.2, 0.25) is 5.91 Å². The summed E-state index contributed by atoms with van der Waals surface area (Å²) in [5.41, 5.74) is 4.66. The summed E-state index contributed by atoms with van der Waals surface area (Å²) in [7, 11) is 3.30. The average Bonchev–Trinajstić information content (AvgIpc) is 3.30. The Hall–Kier alpha value is -3.74. The summed E-state index contributed by atoms with van der Waals surface area (Å²) >= 11 is 0. The Bertz CT molecular complexity index is 1250. The number of ether oxygens (including phenoxy) is 3. The van der Waals surface area contributed by atoms with Crippen LogP contribution in [0, 0.1) is 6.92 Å². The van der Waals surface area contributed by atoms with Gasteiger partial charge in [0.1, 0.15) is 17.2 Å². The fourth-order valence-electron chi connectivity index (χ4n) is 4.82. The second-order valence-electron chi connectivity index (χ2n) is 8.68. The van der Waals surface area contributed by atoms with Gasteiger partial charge in [0.15, 0.2) is 0 Å². The van der Waals surface area contributed by atoms with Crippen LogP contribution in [-0.4, -0.2) is 47.7 Å². The SMILES string of the molecule is COc1ccc2c(c1)OCC[C@H]2N1CCC/C(=C\c2ccc(-n3cnc(C)c3)c(OC)c2)C1=O. The zero-order chi connectivity index (χ0) is 23.7. The van der Waals surface area contributed by atoms with Crippen LogP contribution in [0.4, 0.5) is 0 Å². The lowest BCUT2D eigenvalue weighted by molar-refractivity contribution is -0.131. The number of carbonyl (C=O) groups is 1. The van der Waals surface area contributed by atoms with Gasteiger partial charge >= 0.3 is 0 Å². The molecule has 1 amide bonds. The minimum Gasteiger partial charge on any atom is -0.497 e. The molecule has 3 aromatic rings. The second kappa shape index (κ2) is 9.25. The van der Waals surface area contributed by atoms with E-state index in [1.807, 2.05) is 65.1 Å². The zero-order valence-electron chi connectivity index (χ0n) is 19.8. The average molecular weight is 460 g/mol. The Labute approximate surface area is 199 Å². The number of methoxy groups -OCH3 is 2. The van der Waals surface area contributed by atoms with E-state index in [0.717, 1.165) is 71.1 Å². The van der Waals surface area contributed by atoms with Crippen molar-refractivity contribution in [1.29, 1.82) is 0 Å². The van der Waals surface area contributed by atoms with Crippen LogP contribution >= 0.6 is 0 Å². The van der Waals surface area contributed by atoms with Crippen LogP contribution in [0.25, 0.3) is 11.8 Å². The van der Waals surface area contributed by atoms with Crippen LogP contribution in [0.2, 0.25) is 0 Å².